The topological polar surface area (TPSA) is 82.2 Å². The number of amides is 4. The number of halogens is 1. The van der Waals surface area contributed by atoms with E-state index < -0.39 is 6.03 Å². The van der Waals surface area contributed by atoms with E-state index in [-0.39, 0.29) is 30.9 Å². The van der Waals surface area contributed by atoms with E-state index >= 15 is 0 Å². The van der Waals surface area contributed by atoms with Crippen LogP contribution in [-0.2, 0) is 9.53 Å². The number of likely N-dealkylation sites (tertiary alicyclic amines) is 2. The Morgan fingerprint density at radius 1 is 1.06 bits per heavy atom. The molecule has 1 aromatic rings. The fraction of sp³-hybridized carbons (Fsp3) is 0.640. The van der Waals surface area contributed by atoms with Crippen molar-refractivity contribution in [3.8, 4) is 0 Å². The summed E-state index contributed by atoms with van der Waals surface area (Å²) in [6.07, 6.45) is 4.52. The summed E-state index contributed by atoms with van der Waals surface area (Å²) in [6.45, 7) is 9.40. The van der Waals surface area contributed by atoms with Gasteiger partial charge in [-0.25, -0.2) is 4.79 Å². The first-order valence-corrected chi connectivity index (χ1v) is 12.8. The van der Waals surface area contributed by atoms with Crippen molar-refractivity contribution in [1.82, 2.24) is 15.1 Å². The standard InChI is InChI=1S/C25H35ClN4O4/c1-17(2)16-28-10-5-19(6-11-28)34-20-7-12-29(13-8-20)24(32)18-3-4-21(26)22(15-18)30-14-9-23(31)27-25(30)33/h3-4,15,17,19-20H,5-14,16H2,1-2H3,(H,27,31,33). The van der Waals surface area contributed by atoms with Gasteiger partial charge in [-0.1, -0.05) is 25.4 Å². The molecule has 0 aromatic heterocycles. The van der Waals surface area contributed by atoms with Crippen LogP contribution in [0, 0.1) is 5.92 Å². The Balaban J connectivity index is 1.29. The highest BCUT2D eigenvalue weighted by Crippen LogP contribution is 2.30. The molecule has 34 heavy (non-hydrogen) atoms. The lowest BCUT2D eigenvalue weighted by atomic mass is 10.0. The van der Waals surface area contributed by atoms with Gasteiger partial charge >= 0.3 is 6.03 Å². The maximum atomic E-state index is 13.2. The maximum Gasteiger partial charge on any atom is 0.328 e. The zero-order valence-electron chi connectivity index (χ0n) is 20.1. The number of rotatable bonds is 6. The molecule has 0 radical (unpaired) electrons. The van der Waals surface area contributed by atoms with Crippen LogP contribution in [0.15, 0.2) is 18.2 Å². The Kier molecular flexibility index (Phi) is 8.11. The zero-order valence-corrected chi connectivity index (χ0v) is 20.9. The third-order valence-corrected chi connectivity index (χ3v) is 7.13. The number of urea groups is 1. The van der Waals surface area contributed by atoms with Crippen molar-refractivity contribution in [2.75, 3.05) is 44.2 Å². The quantitative estimate of drug-likeness (QED) is 0.659. The van der Waals surface area contributed by atoms with E-state index in [2.05, 4.69) is 24.1 Å². The average Bonchev–Trinajstić information content (AvgIpc) is 2.81. The van der Waals surface area contributed by atoms with Crippen LogP contribution in [-0.4, -0.2) is 79.1 Å². The molecule has 0 aliphatic carbocycles. The summed E-state index contributed by atoms with van der Waals surface area (Å²) in [5, 5.41) is 2.66. The predicted octanol–water partition coefficient (Wildman–Crippen LogP) is 3.53. The monoisotopic (exact) mass is 490 g/mol. The van der Waals surface area contributed by atoms with Crippen LogP contribution < -0.4 is 10.2 Å². The number of carbonyl (C=O) groups is 3. The number of carbonyl (C=O) groups excluding carboxylic acids is 3. The lowest BCUT2D eigenvalue weighted by Gasteiger charge is -2.37. The van der Waals surface area contributed by atoms with Crippen LogP contribution in [0.25, 0.3) is 0 Å². The van der Waals surface area contributed by atoms with Gasteiger partial charge in [-0.05, 0) is 49.8 Å². The molecule has 3 saturated heterocycles. The lowest BCUT2D eigenvalue weighted by Crippen LogP contribution is -2.49. The first-order valence-electron chi connectivity index (χ1n) is 12.4. The number of benzene rings is 1. The largest absolute Gasteiger partial charge is 0.375 e. The van der Waals surface area contributed by atoms with Crippen LogP contribution in [0.1, 0.15) is 56.3 Å². The second kappa shape index (κ2) is 11.1. The molecule has 4 rings (SSSR count). The minimum atomic E-state index is -0.518. The minimum absolute atomic E-state index is 0.0770. The molecule has 1 N–H and O–H groups in total. The molecule has 3 heterocycles. The third kappa shape index (κ3) is 6.09. The molecule has 0 atom stereocenters. The van der Waals surface area contributed by atoms with Gasteiger partial charge in [0, 0.05) is 51.3 Å². The summed E-state index contributed by atoms with van der Waals surface area (Å²) in [5.74, 6) is 0.305. The number of nitrogens with zero attached hydrogens (tertiary/aromatic N) is 3. The molecule has 3 aliphatic heterocycles. The van der Waals surface area contributed by atoms with Crippen molar-refractivity contribution < 1.29 is 19.1 Å². The second-order valence-electron chi connectivity index (χ2n) is 9.94. The lowest BCUT2D eigenvalue weighted by molar-refractivity contribution is -0.120. The summed E-state index contributed by atoms with van der Waals surface area (Å²) in [7, 11) is 0. The van der Waals surface area contributed by atoms with E-state index in [1.165, 1.54) is 4.90 Å². The fourth-order valence-corrected chi connectivity index (χ4v) is 5.26. The number of imide groups is 1. The van der Waals surface area contributed by atoms with E-state index in [0.29, 0.717) is 41.4 Å². The highest BCUT2D eigenvalue weighted by atomic mass is 35.5. The molecule has 3 fully saturated rings. The van der Waals surface area contributed by atoms with Crippen molar-refractivity contribution >= 4 is 35.1 Å². The number of anilines is 1. The molecule has 1 aromatic carbocycles. The van der Waals surface area contributed by atoms with E-state index in [9.17, 15) is 14.4 Å². The van der Waals surface area contributed by atoms with Crippen molar-refractivity contribution in [2.24, 2.45) is 5.92 Å². The van der Waals surface area contributed by atoms with Gasteiger partial charge in [-0.2, -0.15) is 0 Å². The molecule has 4 amide bonds. The smallest absolute Gasteiger partial charge is 0.328 e. The Labute approximate surface area is 206 Å². The summed E-state index contributed by atoms with van der Waals surface area (Å²) in [4.78, 5) is 42.6. The summed E-state index contributed by atoms with van der Waals surface area (Å²) < 4.78 is 6.39. The van der Waals surface area contributed by atoms with Crippen molar-refractivity contribution in [3.05, 3.63) is 28.8 Å². The Hall–Kier alpha value is -2.16. The molecule has 9 heteroatoms. The average molecular weight is 491 g/mol. The van der Waals surface area contributed by atoms with Crippen LogP contribution in [0.2, 0.25) is 5.02 Å². The number of nitrogens with one attached hydrogen (secondary N) is 1. The number of ether oxygens (including phenoxy) is 1. The van der Waals surface area contributed by atoms with Crippen LogP contribution in [0.5, 0.6) is 0 Å². The third-order valence-electron chi connectivity index (χ3n) is 6.81. The van der Waals surface area contributed by atoms with Crippen LogP contribution in [0.3, 0.4) is 0 Å². The number of hydrogen-bond acceptors (Lipinski definition) is 5. The minimum Gasteiger partial charge on any atom is -0.375 e. The highest BCUT2D eigenvalue weighted by molar-refractivity contribution is 6.34. The molecule has 0 saturated carbocycles. The summed E-state index contributed by atoms with van der Waals surface area (Å²) >= 11 is 6.32. The van der Waals surface area contributed by atoms with Gasteiger partial charge in [0.1, 0.15) is 0 Å². The van der Waals surface area contributed by atoms with E-state index in [0.717, 1.165) is 45.3 Å². The van der Waals surface area contributed by atoms with Crippen molar-refractivity contribution in [1.29, 1.82) is 0 Å². The maximum absolute atomic E-state index is 13.2. The summed E-state index contributed by atoms with van der Waals surface area (Å²) in [5.41, 5.74) is 0.931. The van der Waals surface area contributed by atoms with Gasteiger partial charge in [0.15, 0.2) is 0 Å². The zero-order chi connectivity index (χ0) is 24.2. The van der Waals surface area contributed by atoms with Crippen molar-refractivity contribution in [2.45, 2.75) is 58.2 Å². The second-order valence-corrected chi connectivity index (χ2v) is 10.3. The van der Waals surface area contributed by atoms with Crippen LogP contribution >= 0.6 is 11.6 Å². The number of hydrogen-bond donors (Lipinski definition) is 1. The van der Waals surface area contributed by atoms with Crippen LogP contribution in [0.4, 0.5) is 10.5 Å². The first kappa shape index (κ1) is 24.9. The van der Waals surface area contributed by atoms with E-state index in [1.807, 2.05) is 4.90 Å². The first-order chi connectivity index (χ1) is 16.3. The van der Waals surface area contributed by atoms with E-state index in [4.69, 9.17) is 16.3 Å². The van der Waals surface area contributed by atoms with Gasteiger partial charge in [-0.15, -0.1) is 0 Å². The fourth-order valence-electron chi connectivity index (χ4n) is 5.04. The summed E-state index contributed by atoms with van der Waals surface area (Å²) in [6, 6.07) is 4.45. The molecule has 8 nitrogen and oxygen atoms in total. The molecule has 186 valence electrons. The molecule has 3 aliphatic rings. The van der Waals surface area contributed by atoms with Gasteiger partial charge in [0.2, 0.25) is 5.91 Å². The predicted molar refractivity (Wildman–Crippen MR) is 131 cm³/mol. The molecule has 0 unspecified atom stereocenters. The molecule has 0 bridgehead atoms. The van der Waals surface area contributed by atoms with Gasteiger partial charge < -0.3 is 14.5 Å². The molecular weight excluding hydrogens is 456 g/mol. The molecule has 0 spiro atoms. The molecular formula is C25H35ClN4O4. The highest BCUT2D eigenvalue weighted by Gasteiger charge is 2.30. The van der Waals surface area contributed by atoms with Crippen molar-refractivity contribution in [3.63, 3.8) is 0 Å². The Bertz CT molecular complexity index is 908. The SMILES string of the molecule is CC(C)CN1CCC(OC2CCN(C(=O)c3ccc(Cl)c(N4CCC(=O)NC4=O)c3)CC2)CC1. The normalized spacial score (nSPS) is 21.3. The van der Waals surface area contributed by atoms with Gasteiger partial charge in [0.25, 0.3) is 5.91 Å². The van der Waals surface area contributed by atoms with Gasteiger partial charge in [0.05, 0.1) is 22.9 Å². The van der Waals surface area contributed by atoms with Gasteiger partial charge in [-0.3, -0.25) is 19.8 Å². The Morgan fingerprint density at radius 3 is 2.32 bits per heavy atom. The number of piperidine rings is 2. The Morgan fingerprint density at radius 2 is 1.71 bits per heavy atom. The van der Waals surface area contributed by atoms with E-state index in [1.54, 1.807) is 18.2 Å².